The zero-order chi connectivity index (χ0) is 22.9. The Morgan fingerprint density at radius 2 is 1.85 bits per heavy atom. The van der Waals surface area contributed by atoms with Gasteiger partial charge in [-0.3, -0.25) is 19.5 Å². The van der Waals surface area contributed by atoms with E-state index in [1.54, 1.807) is 16.2 Å². The van der Waals surface area contributed by atoms with Crippen LogP contribution in [0.5, 0.6) is 0 Å². The van der Waals surface area contributed by atoms with Crippen molar-refractivity contribution in [3.63, 3.8) is 0 Å². The highest BCUT2D eigenvalue weighted by atomic mass is 32.1. The minimum atomic E-state index is -0.197. The highest BCUT2D eigenvalue weighted by Crippen LogP contribution is 2.42. The Kier molecular flexibility index (Phi) is 5.85. The van der Waals surface area contributed by atoms with Crippen LogP contribution in [-0.2, 0) is 22.4 Å². The van der Waals surface area contributed by atoms with Gasteiger partial charge in [0.05, 0.1) is 5.71 Å². The molecule has 2 aliphatic rings. The number of thiophene rings is 1. The first-order valence-electron chi connectivity index (χ1n) is 11.4. The zero-order valence-electron chi connectivity index (χ0n) is 19.0. The lowest BCUT2D eigenvalue weighted by Gasteiger charge is -2.21. The largest absolute Gasteiger partial charge is 0.324 e. The van der Waals surface area contributed by atoms with Gasteiger partial charge in [-0.1, -0.05) is 42.5 Å². The molecule has 5 rings (SSSR count). The number of amides is 2. The Hall–Kier alpha value is -3.25. The molecule has 5 nitrogen and oxygen atoms in total. The van der Waals surface area contributed by atoms with E-state index in [-0.39, 0.29) is 24.9 Å². The molecule has 0 spiro atoms. The third-order valence-electron chi connectivity index (χ3n) is 6.54. The second-order valence-corrected chi connectivity index (χ2v) is 9.78. The van der Waals surface area contributed by atoms with Crippen LogP contribution in [0.25, 0.3) is 0 Å². The molecule has 1 N–H and O–H groups in total. The number of carbonyl (C=O) groups is 2. The van der Waals surface area contributed by atoms with Gasteiger partial charge in [0.25, 0.3) is 0 Å². The second-order valence-electron chi connectivity index (χ2n) is 8.70. The molecule has 1 aromatic heterocycles. The van der Waals surface area contributed by atoms with Crippen LogP contribution in [0.1, 0.15) is 45.5 Å². The number of nitrogens with zero attached hydrogens (tertiary/aromatic N) is 2. The molecular weight excluding hydrogens is 430 g/mol. The van der Waals surface area contributed by atoms with E-state index < -0.39 is 0 Å². The monoisotopic (exact) mass is 457 g/mol. The van der Waals surface area contributed by atoms with Gasteiger partial charge in [-0.2, -0.15) is 0 Å². The summed E-state index contributed by atoms with van der Waals surface area (Å²) in [6, 6.07) is 15.9. The van der Waals surface area contributed by atoms with Crippen molar-refractivity contribution in [2.24, 2.45) is 4.99 Å². The molecule has 168 valence electrons. The average Bonchev–Trinajstić information content (AvgIpc) is 3.14. The number of anilines is 2. The Bertz CT molecular complexity index is 1260. The van der Waals surface area contributed by atoms with Gasteiger partial charge in [0.15, 0.2) is 0 Å². The molecule has 3 aromatic rings. The zero-order valence-corrected chi connectivity index (χ0v) is 19.8. The Balaban J connectivity index is 1.52. The smallest absolute Gasteiger partial charge is 0.249 e. The molecule has 0 atom stereocenters. The Labute approximate surface area is 198 Å². The van der Waals surface area contributed by atoms with Crippen LogP contribution in [0.3, 0.4) is 0 Å². The maximum absolute atomic E-state index is 13.2. The van der Waals surface area contributed by atoms with Crippen molar-refractivity contribution in [2.75, 3.05) is 23.3 Å². The van der Waals surface area contributed by atoms with E-state index in [2.05, 4.69) is 5.32 Å². The van der Waals surface area contributed by atoms with Gasteiger partial charge < -0.3 is 5.32 Å². The number of carbonyl (C=O) groups excluding carboxylic acids is 2. The van der Waals surface area contributed by atoms with Gasteiger partial charge in [-0.25, -0.2) is 0 Å². The number of rotatable bonds is 4. The van der Waals surface area contributed by atoms with E-state index in [4.69, 9.17) is 4.99 Å². The molecule has 2 aromatic carbocycles. The molecule has 6 heteroatoms. The van der Waals surface area contributed by atoms with Crippen LogP contribution in [0.2, 0.25) is 0 Å². The third kappa shape index (κ3) is 4.11. The molecule has 0 radical (unpaired) electrons. The molecule has 33 heavy (non-hydrogen) atoms. The molecule has 2 amide bonds. The fraction of sp³-hybridized carbons (Fsp3) is 0.296. The first-order chi connectivity index (χ1) is 16.0. The summed E-state index contributed by atoms with van der Waals surface area (Å²) in [5, 5.41) is 3.87. The molecule has 0 saturated heterocycles. The van der Waals surface area contributed by atoms with Crippen LogP contribution >= 0.6 is 11.3 Å². The van der Waals surface area contributed by atoms with Crippen LogP contribution < -0.4 is 10.2 Å². The van der Waals surface area contributed by atoms with Crippen molar-refractivity contribution in [1.29, 1.82) is 0 Å². The maximum Gasteiger partial charge on any atom is 0.249 e. The number of aryl methyl sites for hydroxylation is 2. The molecule has 2 heterocycles. The van der Waals surface area contributed by atoms with Crippen molar-refractivity contribution in [1.82, 2.24) is 0 Å². The maximum atomic E-state index is 13.2. The van der Waals surface area contributed by atoms with Gasteiger partial charge in [-0.15, -0.1) is 11.3 Å². The van der Waals surface area contributed by atoms with E-state index in [9.17, 15) is 9.59 Å². The molecule has 0 unspecified atom stereocenters. The lowest BCUT2D eigenvalue weighted by molar-refractivity contribution is -0.120. The Morgan fingerprint density at radius 3 is 2.67 bits per heavy atom. The number of nitrogens with one attached hydrogen (secondary N) is 1. The van der Waals surface area contributed by atoms with Crippen molar-refractivity contribution < 1.29 is 9.59 Å². The number of hydrogen-bond donors (Lipinski definition) is 1. The number of hydrogen-bond acceptors (Lipinski definition) is 4. The second kappa shape index (κ2) is 8.94. The normalized spacial score (nSPS) is 15.4. The number of aliphatic imine (C=N–C) groups is 1. The molecule has 0 saturated carbocycles. The van der Waals surface area contributed by atoms with Crippen molar-refractivity contribution in [3.8, 4) is 0 Å². The van der Waals surface area contributed by atoms with Crippen LogP contribution in [0, 0.1) is 13.8 Å². The first-order valence-corrected chi connectivity index (χ1v) is 12.3. The molecular formula is C27H27N3O2S. The van der Waals surface area contributed by atoms with Gasteiger partial charge in [0.2, 0.25) is 11.8 Å². The highest BCUT2D eigenvalue weighted by molar-refractivity contribution is 7.17. The molecule has 1 aliphatic carbocycles. The van der Waals surface area contributed by atoms with E-state index in [1.807, 2.05) is 62.4 Å². The lowest BCUT2D eigenvalue weighted by atomic mass is 9.91. The summed E-state index contributed by atoms with van der Waals surface area (Å²) in [5.41, 5.74) is 7.18. The predicted molar refractivity (Wildman–Crippen MR) is 135 cm³/mol. The van der Waals surface area contributed by atoms with Gasteiger partial charge in [-0.05, 0) is 62.3 Å². The molecule has 0 fully saturated rings. The summed E-state index contributed by atoms with van der Waals surface area (Å²) >= 11 is 1.66. The summed E-state index contributed by atoms with van der Waals surface area (Å²) in [4.78, 5) is 34.0. The van der Waals surface area contributed by atoms with Gasteiger partial charge in [0, 0.05) is 21.7 Å². The van der Waals surface area contributed by atoms with Crippen molar-refractivity contribution in [3.05, 3.63) is 81.2 Å². The molecule has 1 aliphatic heterocycles. The van der Waals surface area contributed by atoms with E-state index >= 15 is 0 Å². The SMILES string of the molecule is Cc1cccc(NC(=O)CN2C(=O)CN=C(c3ccccc3)c3c2sc2c3CCCC2)c1C. The van der Waals surface area contributed by atoms with Gasteiger partial charge >= 0.3 is 0 Å². The summed E-state index contributed by atoms with van der Waals surface area (Å²) in [7, 11) is 0. The van der Waals surface area contributed by atoms with Crippen molar-refractivity contribution >= 4 is 39.6 Å². The van der Waals surface area contributed by atoms with Crippen molar-refractivity contribution in [2.45, 2.75) is 39.5 Å². The highest BCUT2D eigenvalue weighted by Gasteiger charge is 2.33. The summed E-state index contributed by atoms with van der Waals surface area (Å²) in [6.45, 7) is 4.04. The topological polar surface area (TPSA) is 61.8 Å². The number of benzene rings is 2. The summed E-state index contributed by atoms with van der Waals surface area (Å²) in [6.07, 6.45) is 4.31. The predicted octanol–water partition coefficient (Wildman–Crippen LogP) is 5.07. The van der Waals surface area contributed by atoms with Gasteiger partial charge in [0.1, 0.15) is 18.1 Å². The van der Waals surface area contributed by atoms with Crippen LogP contribution in [-0.4, -0.2) is 30.6 Å². The Morgan fingerprint density at radius 1 is 1.06 bits per heavy atom. The summed E-state index contributed by atoms with van der Waals surface area (Å²) in [5.74, 6) is -0.338. The van der Waals surface area contributed by atoms with Crippen LogP contribution in [0.15, 0.2) is 53.5 Å². The average molecular weight is 458 g/mol. The fourth-order valence-corrected chi connectivity index (χ4v) is 6.03. The quantitative estimate of drug-likeness (QED) is 0.595. The minimum absolute atomic E-state index is 0.0177. The van der Waals surface area contributed by atoms with E-state index in [0.29, 0.717) is 0 Å². The minimum Gasteiger partial charge on any atom is -0.324 e. The lowest BCUT2D eigenvalue weighted by Crippen LogP contribution is -2.38. The van der Waals surface area contributed by atoms with E-state index in [1.165, 1.54) is 10.4 Å². The summed E-state index contributed by atoms with van der Waals surface area (Å²) < 4.78 is 0. The van der Waals surface area contributed by atoms with Crippen LogP contribution in [0.4, 0.5) is 10.7 Å². The fourth-order valence-electron chi connectivity index (χ4n) is 4.62. The number of fused-ring (bicyclic) bond motifs is 3. The first kappa shape index (κ1) is 21.6. The van der Waals surface area contributed by atoms with E-state index in [0.717, 1.165) is 64.3 Å². The molecule has 0 bridgehead atoms. The standard InChI is InChI=1S/C27H27N3O2S/c1-17-9-8-13-21(18(17)2)29-23(31)16-30-24(32)15-28-26(19-10-4-3-5-11-19)25-20-12-6-7-14-22(20)33-27(25)30/h3-5,8-11,13H,6-7,12,14-16H2,1-2H3,(H,29,31). The third-order valence-corrected chi connectivity index (χ3v) is 7.85.